The summed E-state index contributed by atoms with van der Waals surface area (Å²) >= 11 is 5.62. The average molecular weight is 275 g/mol. The van der Waals surface area contributed by atoms with E-state index in [2.05, 4.69) is 10.6 Å². The Labute approximate surface area is 110 Å². The number of carbonyl (C=O) groups is 1. The number of hydrogen-bond acceptors (Lipinski definition) is 3. The molecule has 6 heteroatoms. The molecule has 0 aromatic heterocycles. The van der Waals surface area contributed by atoms with Gasteiger partial charge >= 0.3 is 0 Å². The van der Waals surface area contributed by atoms with E-state index in [-0.39, 0.29) is 17.5 Å². The minimum absolute atomic E-state index is 0.0282. The first-order chi connectivity index (χ1) is 8.63. The Morgan fingerprint density at radius 2 is 2.28 bits per heavy atom. The van der Waals surface area contributed by atoms with Crippen molar-refractivity contribution in [2.75, 3.05) is 32.1 Å². The van der Waals surface area contributed by atoms with Crippen LogP contribution in [0.5, 0.6) is 0 Å². The lowest BCUT2D eigenvalue weighted by molar-refractivity contribution is -0.119. The fourth-order valence-electron chi connectivity index (χ4n) is 1.30. The zero-order valence-corrected chi connectivity index (χ0v) is 10.9. The topological polar surface area (TPSA) is 50.4 Å². The molecule has 1 rings (SSSR count). The van der Waals surface area contributed by atoms with Crippen LogP contribution in [-0.2, 0) is 9.53 Å². The van der Waals surface area contributed by atoms with E-state index in [9.17, 15) is 9.18 Å². The minimum Gasteiger partial charge on any atom is -0.385 e. The number of amides is 1. The molecule has 1 aromatic rings. The molecule has 0 aliphatic rings. The second-order valence-electron chi connectivity index (χ2n) is 3.68. The van der Waals surface area contributed by atoms with Crippen molar-refractivity contribution in [2.24, 2.45) is 0 Å². The van der Waals surface area contributed by atoms with Crippen LogP contribution in [0, 0.1) is 5.82 Å². The van der Waals surface area contributed by atoms with Gasteiger partial charge in [-0.05, 0) is 24.6 Å². The number of carbonyl (C=O) groups excluding carboxylic acids is 1. The van der Waals surface area contributed by atoms with E-state index in [1.165, 1.54) is 18.2 Å². The fourth-order valence-corrected chi connectivity index (χ4v) is 1.48. The lowest BCUT2D eigenvalue weighted by Gasteiger charge is -2.08. The average Bonchev–Trinajstić information content (AvgIpc) is 2.36. The summed E-state index contributed by atoms with van der Waals surface area (Å²) in [7, 11) is 1.61. The highest BCUT2D eigenvalue weighted by atomic mass is 35.5. The molecule has 0 bridgehead atoms. The SMILES string of the molecule is COCCCNC(=O)CNc1ccc(F)c(Cl)c1. The highest BCUT2D eigenvalue weighted by Crippen LogP contribution is 2.18. The molecule has 18 heavy (non-hydrogen) atoms. The van der Waals surface area contributed by atoms with Crippen molar-refractivity contribution in [1.29, 1.82) is 0 Å². The first-order valence-corrected chi connectivity index (χ1v) is 5.96. The second kappa shape index (κ2) is 7.89. The van der Waals surface area contributed by atoms with Crippen LogP contribution in [-0.4, -0.2) is 32.7 Å². The van der Waals surface area contributed by atoms with Crippen molar-refractivity contribution in [2.45, 2.75) is 6.42 Å². The van der Waals surface area contributed by atoms with Gasteiger partial charge in [-0.15, -0.1) is 0 Å². The van der Waals surface area contributed by atoms with E-state index in [1.807, 2.05) is 0 Å². The maximum absolute atomic E-state index is 12.9. The molecule has 2 N–H and O–H groups in total. The number of hydrogen-bond donors (Lipinski definition) is 2. The first kappa shape index (κ1) is 14.7. The van der Waals surface area contributed by atoms with Crippen LogP contribution in [0.3, 0.4) is 0 Å². The van der Waals surface area contributed by atoms with Crippen LogP contribution in [0.1, 0.15) is 6.42 Å². The van der Waals surface area contributed by atoms with Crippen LogP contribution in [0.25, 0.3) is 0 Å². The van der Waals surface area contributed by atoms with Gasteiger partial charge in [-0.2, -0.15) is 0 Å². The molecule has 0 heterocycles. The zero-order valence-electron chi connectivity index (χ0n) is 10.1. The van der Waals surface area contributed by atoms with E-state index >= 15 is 0 Å². The van der Waals surface area contributed by atoms with Crippen LogP contribution in [0.2, 0.25) is 5.02 Å². The molecule has 0 radical (unpaired) electrons. The zero-order chi connectivity index (χ0) is 13.4. The van der Waals surface area contributed by atoms with Crippen molar-refractivity contribution < 1.29 is 13.9 Å². The van der Waals surface area contributed by atoms with Gasteiger partial charge in [0.25, 0.3) is 0 Å². The summed E-state index contributed by atoms with van der Waals surface area (Å²) in [5.41, 5.74) is 0.605. The molecule has 0 saturated heterocycles. The van der Waals surface area contributed by atoms with Crippen LogP contribution >= 0.6 is 11.6 Å². The molecule has 1 aromatic carbocycles. The number of methoxy groups -OCH3 is 1. The summed E-state index contributed by atoms with van der Waals surface area (Å²) in [4.78, 5) is 11.4. The first-order valence-electron chi connectivity index (χ1n) is 5.58. The number of ether oxygens (including phenoxy) is 1. The molecule has 0 fully saturated rings. The maximum atomic E-state index is 12.9. The summed E-state index contributed by atoms with van der Waals surface area (Å²) < 4.78 is 17.7. The standard InChI is InChI=1S/C12H16ClFN2O2/c1-18-6-2-5-15-12(17)8-16-9-3-4-11(14)10(13)7-9/h3-4,7,16H,2,5-6,8H2,1H3,(H,15,17). The number of halogens is 2. The van der Waals surface area contributed by atoms with Crippen LogP contribution < -0.4 is 10.6 Å². The van der Waals surface area contributed by atoms with Crippen molar-refractivity contribution >= 4 is 23.2 Å². The molecular weight excluding hydrogens is 259 g/mol. The smallest absolute Gasteiger partial charge is 0.239 e. The summed E-state index contributed by atoms with van der Waals surface area (Å²) in [6.07, 6.45) is 0.768. The molecule has 0 atom stereocenters. The van der Waals surface area contributed by atoms with Gasteiger partial charge in [-0.3, -0.25) is 4.79 Å². The number of benzene rings is 1. The van der Waals surface area contributed by atoms with Gasteiger partial charge in [0.05, 0.1) is 11.6 Å². The predicted molar refractivity (Wildman–Crippen MR) is 69.4 cm³/mol. The van der Waals surface area contributed by atoms with Gasteiger partial charge in [0.1, 0.15) is 5.82 Å². The Balaban J connectivity index is 2.27. The van der Waals surface area contributed by atoms with E-state index < -0.39 is 5.82 Å². The van der Waals surface area contributed by atoms with Gasteiger partial charge < -0.3 is 15.4 Å². The van der Waals surface area contributed by atoms with Gasteiger partial charge in [0.2, 0.25) is 5.91 Å². The molecule has 0 aliphatic heterocycles. The van der Waals surface area contributed by atoms with E-state index in [0.717, 1.165) is 6.42 Å². The predicted octanol–water partition coefficient (Wildman–Crippen LogP) is 2.04. The Morgan fingerprint density at radius 1 is 1.50 bits per heavy atom. The Hall–Kier alpha value is -1.33. The number of rotatable bonds is 7. The quantitative estimate of drug-likeness (QED) is 0.748. The number of anilines is 1. The summed E-state index contributed by atoms with van der Waals surface area (Å²) in [6.45, 7) is 1.30. The lowest BCUT2D eigenvalue weighted by atomic mass is 10.3. The van der Waals surface area contributed by atoms with Gasteiger partial charge in [0, 0.05) is 25.9 Å². The molecule has 0 aliphatic carbocycles. The van der Waals surface area contributed by atoms with E-state index in [4.69, 9.17) is 16.3 Å². The van der Waals surface area contributed by atoms with Crippen molar-refractivity contribution in [1.82, 2.24) is 5.32 Å². The molecule has 0 unspecified atom stereocenters. The van der Waals surface area contributed by atoms with Crippen molar-refractivity contribution in [3.05, 3.63) is 29.0 Å². The van der Waals surface area contributed by atoms with Crippen molar-refractivity contribution in [3.8, 4) is 0 Å². The van der Waals surface area contributed by atoms with E-state index in [1.54, 1.807) is 7.11 Å². The Kier molecular flexibility index (Phi) is 6.46. The largest absolute Gasteiger partial charge is 0.385 e. The molecule has 1 amide bonds. The third-order valence-corrected chi connectivity index (χ3v) is 2.51. The van der Waals surface area contributed by atoms with E-state index in [0.29, 0.717) is 18.8 Å². The third-order valence-electron chi connectivity index (χ3n) is 2.22. The van der Waals surface area contributed by atoms with Crippen LogP contribution in [0.15, 0.2) is 18.2 Å². The number of nitrogens with one attached hydrogen (secondary N) is 2. The lowest BCUT2D eigenvalue weighted by Crippen LogP contribution is -2.31. The van der Waals surface area contributed by atoms with Crippen LogP contribution in [0.4, 0.5) is 10.1 Å². The summed E-state index contributed by atoms with van der Waals surface area (Å²) in [5, 5.41) is 5.61. The molecule has 4 nitrogen and oxygen atoms in total. The summed E-state index contributed by atoms with van der Waals surface area (Å²) in [6, 6.07) is 4.22. The second-order valence-corrected chi connectivity index (χ2v) is 4.09. The van der Waals surface area contributed by atoms with Gasteiger partial charge in [-0.1, -0.05) is 11.6 Å². The monoisotopic (exact) mass is 274 g/mol. The highest BCUT2D eigenvalue weighted by Gasteiger charge is 2.03. The maximum Gasteiger partial charge on any atom is 0.239 e. The Morgan fingerprint density at radius 3 is 2.94 bits per heavy atom. The fraction of sp³-hybridized carbons (Fsp3) is 0.417. The summed E-state index contributed by atoms with van der Waals surface area (Å²) in [5.74, 6) is -0.613. The molecule has 0 saturated carbocycles. The van der Waals surface area contributed by atoms with Gasteiger partial charge in [-0.25, -0.2) is 4.39 Å². The normalized spacial score (nSPS) is 10.2. The molecule has 100 valence electrons. The van der Waals surface area contributed by atoms with Gasteiger partial charge in [0.15, 0.2) is 0 Å². The highest BCUT2D eigenvalue weighted by molar-refractivity contribution is 6.31. The third kappa shape index (κ3) is 5.33. The molecular formula is C12H16ClFN2O2. The minimum atomic E-state index is -0.480. The van der Waals surface area contributed by atoms with Crippen molar-refractivity contribution in [3.63, 3.8) is 0 Å². The Bertz CT molecular complexity index is 402. The molecule has 0 spiro atoms.